The van der Waals surface area contributed by atoms with Crippen molar-refractivity contribution in [3.8, 4) is 0 Å². The molecule has 0 atom stereocenters. The third-order valence-corrected chi connectivity index (χ3v) is 4.74. The van der Waals surface area contributed by atoms with Gasteiger partial charge < -0.3 is 4.90 Å². The third-order valence-electron chi connectivity index (χ3n) is 4.02. The molecule has 0 unspecified atom stereocenters. The van der Waals surface area contributed by atoms with E-state index in [1.807, 2.05) is 11.9 Å². The van der Waals surface area contributed by atoms with Crippen molar-refractivity contribution >= 4 is 17.7 Å². The highest BCUT2D eigenvalue weighted by atomic mass is 32.2. The van der Waals surface area contributed by atoms with Crippen molar-refractivity contribution in [2.75, 3.05) is 7.05 Å². The van der Waals surface area contributed by atoms with Gasteiger partial charge in [-0.15, -0.1) is 0 Å². The number of carbonyl (C=O) groups excluding carboxylic acids is 1. The molecule has 0 radical (unpaired) electrons. The fraction of sp³-hybridized carbons (Fsp3) is 0.562. The zero-order valence-electron chi connectivity index (χ0n) is 12.2. The molecule has 116 valence electrons. The number of benzene rings is 1. The zero-order chi connectivity index (χ0) is 15.2. The van der Waals surface area contributed by atoms with Crippen LogP contribution in [0.2, 0.25) is 0 Å². The highest BCUT2D eigenvalue weighted by molar-refractivity contribution is 7.99. The Morgan fingerprint density at radius 3 is 2.24 bits per heavy atom. The van der Waals surface area contributed by atoms with Crippen molar-refractivity contribution in [2.45, 2.75) is 55.2 Å². The van der Waals surface area contributed by atoms with E-state index in [0.717, 1.165) is 12.8 Å². The molecule has 0 N–H and O–H groups in total. The van der Waals surface area contributed by atoms with E-state index < -0.39 is 5.76 Å². The van der Waals surface area contributed by atoms with Crippen molar-refractivity contribution in [1.82, 2.24) is 4.90 Å². The summed E-state index contributed by atoms with van der Waals surface area (Å²) >= 11 is 0.500. The van der Waals surface area contributed by atoms with E-state index in [1.54, 1.807) is 24.3 Å². The van der Waals surface area contributed by atoms with Gasteiger partial charge in [0.15, 0.2) is 0 Å². The number of rotatable bonds is 4. The molecule has 2 nitrogen and oxygen atoms in total. The van der Waals surface area contributed by atoms with Crippen LogP contribution in [0.25, 0.3) is 0 Å². The molecular formula is C16H21F2NOS. The predicted molar refractivity (Wildman–Crippen MR) is 81.9 cm³/mol. The summed E-state index contributed by atoms with van der Waals surface area (Å²) in [6, 6.07) is 6.76. The van der Waals surface area contributed by atoms with Gasteiger partial charge >= 0.3 is 0 Å². The Bertz CT molecular complexity index is 456. The fourth-order valence-electron chi connectivity index (χ4n) is 2.79. The molecule has 0 spiro atoms. The Morgan fingerprint density at radius 1 is 1.14 bits per heavy atom. The van der Waals surface area contributed by atoms with Crippen molar-refractivity contribution < 1.29 is 13.6 Å². The van der Waals surface area contributed by atoms with Gasteiger partial charge in [-0.3, -0.25) is 4.79 Å². The highest BCUT2D eigenvalue weighted by Crippen LogP contribution is 2.26. The van der Waals surface area contributed by atoms with Gasteiger partial charge in [0, 0.05) is 23.5 Å². The minimum atomic E-state index is -2.43. The number of hydrogen-bond acceptors (Lipinski definition) is 2. The molecule has 0 bridgehead atoms. The number of amides is 1. The minimum Gasteiger partial charge on any atom is -0.339 e. The zero-order valence-corrected chi connectivity index (χ0v) is 13.0. The van der Waals surface area contributed by atoms with Crippen molar-refractivity contribution in [1.29, 1.82) is 0 Å². The molecule has 1 aliphatic carbocycles. The van der Waals surface area contributed by atoms with Gasteiger partial charge in [0.05, 0.1) is 0 Å². The molecule has 0 aromatic heterocycles. The number of thioether (sulfide) groups is 1. The summed E-state index contributed by atoms with van der Waals surface area (Å²) in [6.45, 7) is 0. The van der Waals surface area contributed by atoms with Crippen LogP contribution in [0.4, 0.5) is 8.78 Å². The molecule has 1 aliphatic rings. The average molecular weight is 313 g/mol. The highest BCUT2D eigenvalue weighted by Gasteiger charge is 2.22. The first-order valence-electron chi connectivity index (χ1n) is 7.40. The van der Waals surface area contributed by atoms with E-state index in [9.17, 15) is 13.6 Å². The van der Waals surface area contributed by atoms with Crippen molar-refractivity contribution in [3.05, 3.63) is 29.8 Å². The molecule has 0 saturated heterocycles. The van der Waals surface area contributed by atoms with Crippen LogP contribution >= 0.6 is 11.8 Å². The van der Waals surface area contributed by atoms with Gasteiger partial charge in [0.1, 0.15) is 0 Å². The summed E-state index contributed by atoms with van der Waals surface area (Å²) < 4.78 is 24.6. The first-order valence-corrected chi connectivity index (χ1v) is 8.28. The molecule has 1 saturated carbocycles. The van der Waals surface area contributed by atoms with Crippen molar-refractivity contribution in [2.24, 2.45) is 0 Å². The van der Waals surface area contributed by atoms with Crippen LogP contribution in [-0.2, 0) is 0 Å². The molecular weight excluding hydrogens is 292 g/mol. The Morgan fingerprint density at radius 2 is 1.71 bits per heavy atom. The summed E-state index contributed by atoms with van der Waals surface area (Å²) in [5.41, 5.74) is 0.570. The van der Waals surface area contributed by atoms with Crippen LogP contribution < -0.4 is 0 Å². The van der Waals surface area contributed by atoms with E-state index in [0.29, 0.717) is 28.3 Å². The fourth-order valence-corrected chi connectivity index (χ4v) is 3.29. The number of carbonyl (C=O) groups is 1. The van der Waals surface area contributed by atoms with Gasteiger partial charge in [0.25, 0.3) is 11.7 Å². The van der Waals surface area contributed by atoms with Gasteiger partial charge in [-0.2, -0.15) is 8.78 Å². The number of alkyl halides is 2. The summed E-state index contributed by atoms with van der Waals surface area (Å²) in [6.07, 6.45) is 6.96. The third kappa shape index (κ3) is 4.70. The van der Waals surface area contributed by atoms with E-state index >= 15 is 0 Å². The Hall–Kier alpha value is -1.10. The smallest absolute Gasteiger partial charge is 0.288 e. The normalized spacial score (nSPS) is 16.8. The summed E-state index contributed by atoms with van der Waals surface area (Å²) in [5, 5.41) is 0. The first-order chi connectivity index (χ1) is 10.1. The van der Waals surface area contributed by atoms with Gasteiger partial charge in [0.2, 0.25) is 0 Å². The lowest BCUT2D eigenvalue weighted by atomic mass is 10.1. The number of halogens is 2. The topological polar surface area (TPSA) is 20.3 Å². The van der Waals surface area contributed by atoms with Gasteiger partial charge in [-0.05, 0) is 37.1 Å². The molecule has 1 aromatic carbocycles. The van der Waals surface area contributed by atoms with E-state index in [4.69, 9.17) is 0 Å². The molecule has 1 amide bonds. The maximum atomic E-state index is 12.5. The van der Waals surface area contributed by atoms with Crippen LogP contribution in [0.1, 0.15) is 48.9 Å². The second-order valence-corrected chi connectivity index (χ2v) is 6.53. The monoisotopic (exact) mass is 313 g/mol. The Balaban J connectivity index is 2.01. The molecule has 21 heavy (non-hydrogen) atoms. The SMILES string of the molecule is CN(C(=O)c1ccc(SC(F)F)cc1)C1CCCCCC1. The van der Waals surface area contributed by atoms with Crippen LogP contribution in [0.3, 0.4) is 0 Å². The molecule has 2 rings (SSSR count). The minimum absolute atomic E-state index is 0.0181. The molecule has 0 aliphatic heterocycles. The second-order valence-electron chi connectivity index (χ2n) is 5.46. The lowest BCUT2D eigenvalue weighted by Crippen LogP contribution is -2.36. The van der Waals surface area contributed by atoms with E-state index in [1.165, 1.54) is 25.7 Å². The van der Waals surface area contributed by atoms with Crippen LogP contribution in [0.5, 0.6) is 0 Å². The Kier molecular flexibility index (Phi) is 6.03. The van der Waals surface area contributed by atoms with E-state index in [2.05, 4.69) is 0 Å². The van der Waals surface area contributed by atoms with Gasteiger partial charge in [-0.25, -0.2) is 0 Å². The van der Waals surface area contributed by atoms with Crippen LogP contribution in [0, 0.1) is 0 Å². The first kappa shape index (κ1) is 16.3. The lowest BCUT2D eigenvalue weighted by Gasteiger charge is -2.27. The molecule has 5 heteroatoms. The molecule has 0 heterocycles. The predicted octanol–water partition coefficient (Wildman–Crippen LogP) is 4.80. The summed E-state index contributed by atoms with van der Waals surface area (Å²) in [4.78, 5) is 14.8. The maximum Gasteiger partial charge on any atom is 0.288 e. The molecule has 1 fully saturated rings. The van der Waals surface area contributed by atoms with Crippen LogP contribution in [0.15, 0.2) is 29.2 Å². The second kappa shape index (κ2) is 7.78. The largest absolute Gasteiger partial charge is 0.339 e. The average Bonchev–Trinajstić information content (AvgIpc) is 2.75. The maximum absolute atomic E-state index is 12.5. The summed E-state index contributed by atoms with van der Waals surface area (Å²) in [7, 11) is 1.85. The number of nitrogens with zero attached hydrogens (tertiary/aromatic N) is 1. The quantitative estimate of drug-likeness (QED) is 0.588. The van der Waals surface area contributed by atoms with Crippen molar-refractivity contribution in [3.63, 3.8) is 0 Å². The molecule has 1 aromatic rings. The summed E-state index contributed by atoms with van der Waals surface area (Å²) in [5.74, 6) is -2.45. The van der Waals surface area contributed by atoms with E-state index in [-0.39, 0.29) is 5.91 Å². The van der Waals surface area contributed by atoms with Gasteiger partial charge in [-0.1, -0.05) is 37.4 Å². The van der Waals surface area contributed by atoms with Crippen LogP contribution in [-0.4, -0.2) is 29.7 Å². The Labute approximate surface area is 128 Å². The standard InChI is InChI=1S/C16H21F2NOS/c1-19(13-6-4-2-3-5-7-13)15(20)12-8-10-14(11-9-12)21-16(17)18/h8-11,13,16H,2-7H2,1H3. The number of hydrogen-bond donors (Lipinski definition) is 0. The lowest BCUT2D eigenvalue weighted by molar-refractivity contribution is 0.0717.